The lowest BCUT2D eigenvalue weighted by molar-refractivity contribution is -0.121. The van der Waals surface area contributed by atoms with E-state index >= 15 is 0 Å². The molecule has 0 spiro atoms. The van der Waals surface area contributed by atoms with Crippen LogP contribution >= 0.6 is 0 Å². The van der Waals surface area contributed by atoms with Crippen molar-refractivity contribution >= 4 is 27.3 Å². The van der Waals surface area contributed by atoms with E-state index < -0.39 is 10.0 Å². The van der Waals surface area contributed by atoms with Crippen molar-refractivity contribution in [1.82, 2.24) is 5.32 Å². The minimum Gasteiger partial charge on any atom is -0.495 e. The van der Waals surface area contributed by atoms with Gasteiger partial charge in [0.1, 0.15) is 5.75 Å². The van der Waals surface area contributed by atoms with Crippen LogP contribution in [0.2, 0.25) is 0 Å². The van der Waals surface area contributed by atoms with Crippen molar-refractivity contribution < 1.29 is 17.9 Å². The topological polar surface area (TPSA) is 79.0 Å². The summed E-state index contributed by atoms with van der Waals surface area (Å²) >= 11 is 0. The number of nitrogens with zero attached hydrogens (tertiary/aromatic N) is 2. The van der Waals surface area contributed by atoms with Gasteiger partial charge >= 0.3 is 0 Å². The molecule has 0 aromatic heterocycles. The first-order chi connectivity index (χ1) is 13.7. The van der Waals surface area contributed by atoms with Crippen LogP contribution in [0.1, 0.15) is 18.4 Å². The fraction of sp³-hybridized carbons (Fsp3) is 0.381. The number of carbonyl (C=O) groups is 1. The van der Waals surface area contributed by atoms with Crippen LogP contribution in [-0.2, 0) is 21.4 Å². The fourth-order valence-corrected chi connectivity index (χ4v) is 3.85. The zero-order valence-corrected chi connectivity index (χ0v) is 18.2. The summed E-state index contributed by atoms with van der Waals surface area (Å²) in [7, 11) is 1.95. The van der Waals surface area contributed by atoms with Gasteiger partial charge in [0.15, 0.2) is 0 Å². The molecule has 0 aliphatic heterocycles. The molecule has 0 saturated carbocycles. The van der Waals surface area contributed by atoms with Crippen LogP contribution in [0.25, 0.3) is 0 Å². The molecule has 0 atom stereocenters. The Bertz CT molecular complexity index is 912. The Kier molecular flexibility index (Phi) is 7.90. The van der Waals surface area contributed by atoms with E-state index in [4.69, 9.17) is 4.74 Å². The van der Waals surface area contributed by atoms with Gasteiger partial charge in [-0.1, -0.05) is 24.3 Å². The molecule has 0 radical (unpaired) electrons. The normalized spacial score (nSPS) is 11.0. The van der Waals surface area contributed by atoms with Gasteiger partial charge in [0.05, 0.1) is 19.1 Å². The minimum absolute atomic E-state index is 0.116. The van der Waals surface area contributed by atoms with Crippen LogP contribution in [0.5, 0.6) is 5.75 Å². The van der Waals surface area contributed by atoms with E-state index in [1.165, 1.54) is 11.4 Å². The SMILES string of the molecule is COc1ccccc1N(CCCC(=O)NCc1ccc(N(C)C)cc1)S(C)(=O)=O. The smallest absolute Gasteiger partial charge is 0.232 e. The van der Waals surface area contributed by atoms with Crippen LogP contribution in [0.3, 0.4) is 0 Å². The van der Waals surface area contributed by atoms with E-state index in [0.29, 0.717) is 24.4 Å². The van der Waals surface area contributed by atoms with Gasteiger partial charge in [-0.05, 0) is 36.2 Å². The molecule has 2 aromatic rings. The van der Waals surface area contributed by atoms with E-state index in [-0.39, 0.29) is 18.9 Å². The Morgan fingerprint density at radius 2 is 1.72 bits per heavy atom. The number of para-hydroxylation sites is 2. The quantitative estimate of drug-likeness (QED) is 0.640. The predicted octanol–water partition coefficient (Wildman–Crippen LogP) is 2.62. The fourth-order valence-electron chi connectivity index (χ4n) is 2.88. The van der Waals surface area contributed by atoms with Gasteiger partial charge in [0.2, 0.25) is 15.9 Å². The van der Waals surface area contributed by atoms with Crippen molar-refractivity contribution in [3.63, 3.8) is 0 Å². The molecule has 0 fully saturated rings. The predicted molar refractivity (Wildman–Crippen MR) is 117 cm³/mol. The molecular weight excluding hydrogens is 390 g/mol. The van der Waals surface area contributed by atoms with Gasteiger partial charge in [-0.3, -0.25) is 9.10 Å². The molecule has 2 rings (SSSR count). The third-order valence-electron chi connectivity index (χ3n) is 4.46. The standard InChI is InChI=1S/C21H29N3O4S/c1-23(2)18-13-11-17(12-14-18)16-22-21(25)10-7-15-24(29(4,26)27)19-8-5-6-9-20(19)28-3/h5-6,8-9,11-14H,7,10,15-16H2,1-4H3,(H,22,25). The average Bonchev–Trinajstić information content (AvgIpc) is 2.69. The number of ether oxygens (including phenoxy) is 1. The molecule has 8 heteroatoms. The van der Waals surface area contributed by atoms with Crippen LogP contribution < -0.4 is 19.3 Å². The highest BCUT2D eigenvalue weighted by molar-refractivity contribution is 7.92. The van der Waals surface area contributed by atoms with Crippen LogP contribution in [0, 0.1) is 0 Å². The van der Waals surface area contributed by atoms with Crippen molar-refractivity contribution in [2.24, 2.45) is 0 Å². The van der Waals surface area contributed by atoms with E-state index in [2.05, 4.69) is 5.32 Å². The first kappa shape index (κ1) is 22.5. The summed E-state index contributed by atoms with van der Waals surface area (Å²) in [5.74, 6) is 0.360. The summed E-state index contributed by atoms with van der Waals surface area (Å²) < 4.78 is 31.0. The minimum atomic E-state index is -3.50. The van der Waals surface area contributed by atoms with Gasteiger partial charge in [0.25, 0.3) is 0 Å². The first-order valence-electron chi connectivity index (χ1n) is 9.36. The second kappa shape index (κ2) is 10.2. The Morgan fingerprint density at radius 3 is 2.31 bits per heavy atom. The summed E-state index contributed by atoms with van der Waals surface area (Å²) in [6.07, 6.45) is 1.78. The molecule has 1 N–H and O–H groups in total. The molecule has 0 bridgehead atoms. The summed E-state index contributed by atoms with van der Waals surface area (Å²) in [5, 5.41) is 2.88. The molecule has 0 aliphatic carbocycles. The van der Waals surface area contributed by atoms with Crippen LogP contribution in [0.4, 0.5) is 11.4 Å². The largest absolute Gasteiger partial charge is 0.495 e. The molecule has 158 valence electrons. The molecule has 29 heavy (non-hydrogen) atoms. The summed E-state index contributed by atoms with van der Waals surface area (Å²) in [6, 6.07) is 14.9. The summed E-state index contributed by atoms with van der Waals surface area (Å²) in [5.41, 5.74) is 2.58. The number of nitrogens with one attached hydrogen (secondary N) is 1. The maximum atomic E-state index is 12.2. The second-order valence-corrected chi connectivity index (χ2v) is 8.85. The van der Waals surface area contributed by atoms with Crippen LogP contribution in [-0.4, -0.2) is 48.3 Å². The number of anilines is 2. The van der Waals surface area contributed by atoms with Crippen molar-refractivity contribution in [2.75, 3.05) is 43.2 Å². The molecule has 1 amide bonds. The Labute approximate surface area is 173 Å². The Morgan fingerprint density at radius 1 is 1.07 bits per heavy atom. The van der Waals surface area contributed by atoms with Crippen LogP contribution in [0.15, 0.2) is 48.5 Å². The van der Waals surface area contributed by atoms with Crippen molar-refractivity contribution in [1.29, 1.82) is 0 Å². The average molecular weight is 420 g/mol. The van der Waals surface area contributed by atoms with Crippen molar-refractivity contribution in [3.8, 4) is 5.75 Å². The maximum absolute atomic E-state index is 12.2. The lowest BCUT2D eigenvalue weighted by atomic mass is 10.2. The first-order valence-corrected chi connectivity index (χ1v) is 11.2. The number of benzene rings is 2. The van der Waals surface area contributed by atoms with E-state index in [9.17, 15) is 13.2 Å². The van der Waals surface area contributed by atoms with Gasteiger partial charge in [-0.25, -0.2) is 8.42 Å². The van der Waals surface area contributed by atoms with Crippen molar-refractivity contribution in [3.05, 3.63) is 54.1 Å². The highest BCUT2D eigenvalue weighted by atomic mass is 32.2. The van der Waals surface area contributed by atoms with Crippen molar-refractivity contribution in [2.45, 2.75) is 19.4 Å². The highest BCUT2D eigenvalue weighted by Crippen LogP contribution is 2.29. The monoisotopic (exact) mass is 419 g/mol. The Hall–Kier alpha value is -2.74. The zero-order valence-electron chi connectivity index (χ0n) is 17.4. The maximum Gasteiger partial charge on any atom is 0.232 e. The summed E-state index contributed by atoms with van der Waals surface area (Å²) in [4.78, 5) is 14.2. The third-order valence-corrected chi connectivity index (χ3v) is 5.64. The van der Waals surface area contributed by atoms with Gasteiger partial charge in [-0.15, -0.1) is 0 Å². The molecule has 0 heterocycles. The number of sulfonamides is 1. The Balaban J connectivity index is 1.89. The number of hydrogen-bond acceptors (Lipinski definition) is 5. The van der Waals surface area contributed by atoms with Gasteiger partial charge < -0.3 is 15.0 Å². The van der Waals surface area contributed by atoms with E-state index in [1.54, 1.807) is 24.3 Å². The molecular formula is C21H29N3O4S. The van der Waals surface area contributed by atoms with Gasteiger partial charge in [0, 0.05) is 39.3 Å². The zero-order chi connectivity index (χ0) is 21.4. The number of methoxy groups -OCH3 is 1. The van der Waals surface area contributed by atoms with E-state index in [1.807, 2.05) is 43.3 Å². The molecule has 0 unspecified atom stereocenters. The molecule has 0 aliphatic rings. The molecule has 0 saturated heterocycles. The highest BCUT2D eigenvalue weighted by Gasteiger charge is 2.20. The summed E-state index contributed by atoms with van der Waals surface area (Å²) in [6.45, 7) is 0.638. The van der Waals surface area contributed by atoms with Gasteiger partial charge in [-0.2, -0.15) is 0 Å². The molecule has 7 nitrogen and oxygen atoms in total. The lowest BCUT2D eigenvalue weighted by Crippen LogP contribution is -2.32. The number of carbonyl (C=O) groups excluding carboxylic acids is 1. The number of amides is 1. The lowest BCUT2D eigenvalue weighted by Gasteiger charge is -2.24. The number of hydrogen-bond donors (Lipinski definition) is 1. The third kappa shape index (κ3) is 6.67. The number of rotatable bonds is 10. The van der Waals surface area contributed by atoms with E-state index in [0.717, 1.165) is 17.5 Å². The second-order valence-electron chi connectivity index (χ2n) is 6.95. The molecule has 2 aromatic carbocycles.